The monoisotopic (exact) mass is 448 g/mol. The molecule has 168 valence electrons. The number of hydrogen-bond donors (Lipinski definition) is 1. The number of nitrogens with zero attached hydrogens (tertiary/aromatic N) is 2. The highest BCUT2D eigenvalue weighted by Crippen LogP contribution is 2.66. The maximum Gasteiger partial charge on any atom is 0.0889 e. The molecule has 6 atom stereocenters. The lowest BCUT2D eigenvalue weighted by Crippen LogP contribution is -2.49. The SMILES string of the molecule is C[C@]12CC[C@H](O)CC1=CC[C@@H]1[C@@H]2CC[C@]2(C)C(c3ccn(-c4ccc(Cl)cc4)n3)=CC[C@@H]12. The molecule has 0 saturated heterocycles. The first-order chi connectivity index (χ1) is 15.4. The molecule has 2 saturated carbocycles. The van der Waals surface area contributed by atoms with Crippen LogP contribution in [0.15, 0.2) is 54.3 Å². The van der Waals surface area contributed by atoms with E-state index >= 15 is 0 Å². The Morgan fingerprint density at radius 1 is 0.969 bits per heavy atom. The topological polar surface area (TPSA) is 38.0 Å². The smallest absolute Gasteiger partial charge is 0.0889 e. The highest BCUT2D eigenvalue weighted by atomic mass is 35.5. The molecule has 6 rings (SSSR count). The third-order valence-electron chi connectivity index (χ3n) is 9.61. The lowest BCUT2D eigenvalue weighted by molar-refractivity contribution is -0.0238. The van der Waals surface area contributed by atoms with Crippen molar-refractivity contribution in [1.29, 1.82) is 0 Å². The van der Waals surface area contributed by atoms with Gasteiger partial charge in [-0.2, -0.15) is 5.10 Å². The highest BCUT2D eigenvalue weighted by Gasteiger charge is 2.57. The number of hydrogen-bond acceptors (Lipinski definition) is 2. The van der Waals surface area contributed by atoms with Crippen LogP contribution in [-0.2, 0) is 0 Å². The van der Waals surface area contributed by atoms with Gasteiger partial charge in [-0.25, -0.2) is 4.68 Å². The van der Waals surface area contributed by atoms with E-state index in [-0.39, 0.29) is 11.5 Å². The molecule has 1 aromatic carbocycles. The molecule has 0 bridgehead atoms. The lowest BCUT2D eigenvalue weighted by atomic mass is 9.47. The van der Waals surface area contributed by atoms with Crippen LogP contribution in [0.1, 0.15) is 64.5 Å². The van der Waals surface area contributed by atoms with Crippen LogP contribution in [0.25, 0.3) is 11.3 Å². The summed E-state index contributed by atoms with van der Waals surface area (Å²) in [6, 6.07) is 10.1. The van der Waals surface area contributed by atoms with E-state index in [4.69, 9.17) is 16.7 Å². The molecule has 2 fully saturated rings. The zero-order chi connectivity index (χ0) is 22.1. The minimum Gasteiger partial charge on any atom is -0.393 e. The summed E-state index contributed by atoms with van der Waals surface area (Å²) in [7, 11) is 0. The molecule has 4 aliphatic rings. The van der Waals surface area contributed by atoms with E-state index in [0.717, 1.165) is 47.5 Å². The van der Waals surface area contributed by atoms with Crippen molar-refractivity contribution in [2.75, 3.05) is 0 Å². The average Bonchev–Trinajstić information content (AvgIpc) is 3.39. The Hall–Kier alpha value is -1.84. The summed E-state index contributed by atoms with van der Waals surface area (Å²) in [4.78, 5) is 0. The first-order valence-electron chi connectivity index (χ1n) is 12.3. The van der Waals surface area contributed by atoms with E-state index in [2.05, 4.69) is 38.3 Å². The van der Waals surface area contributed by atoms with Crippen molar-refractivity contribution < 1.29 is 5.11 Å². The fourth-order valence-corrected chi connectivity index (χ4v) is 7.94. The zero-order valence-corrected chi connectivity index (χ0v) is 19.9. The van der Waals surface area contributed by atoms with Crippen LogP contribution in [0, 0.1) is 28.6 Å². The highest BCUT2D eigenvalue weighted by molar-refractivity contribution is 6.30. The molecule has 2 aromatic rings. The van der Waals surface area contributed by atoms with Crippen molar-refractivity contribution in [3.05, 3.63) is 65.0 Å². The second-order valence-electron chi connectivity index (χ2n) is 11.1. The number of rotatable bonds is 2. The second kappa shape index (κ2) is 7.33. The predicted molar refractivity (Wildman–Crippen MR) is 130 cm³/mol. The third kappa shape index (κ3) is 3.00. The Bertz CT molecular complexity index is 1100. The van der Waals surface area contributed by atoms with E-state index in [0.29, 0.717) is 11.3 Å². The molecular weight excluding hydrogens is 416 g/mol. The van der Waals surface area contributed by atoms with Crippen molar-refractivity contribution in [3.63, 3.8) is 0 Å². The summed E-state index contributed by atoms with van der Waals surface area (Å²) >= 11 is 6.06. The minimum atomic E-state index is -0.129. The standard InChI is InChI=1S/C28H33ClN2O/c1-27-14-11-21(32)17-18(27)3-8-22-23-9-10-25(28(23,2)15-12-24(22)27)26-13-16-31(30-26)20-6-4-19(29)5-7-20/h3-7,10,13,16,21-24,32H,8-9,11-12,14-15,17H2,1-2H3/t21-,22-,23-,24-,27-,28-/m0/s1. The Morgan fingerprint density at radius 2 is 1.75 bits per heavy atom. The van der Waals surface area contributed by atoms with E-state index in [9.17, 15) is 5.11 Å². The number of benzene rings is 1. The van der Waals surface area contributed by atoms with Gasteiger partial charge in [0.05, 0.1) is 17.5 Å². The van der Waals surface area contributed by atoms with E-state index in [1.54, 1.807) is 5.57 Å². The van der Waals surface area contributed by atoms with E-state index in [1.807, 2.05) is 28.9 Å². The van der Waals surface area contributed by atoms with Gasteiger partial charge in [0.1, 0.15) is 0 Å². The molecule has 4 aliphatic carbocycles. The average molecular weight is 449 g/mol. The van der Waals surface area contributed by atoms with Crippen molar-refractivity contribution in [1.82, 2.24) is 9.78 Å². The molecule has 0 unspecified atom stereocenters. The Kier molecular flexibility index (Phi) is 4.75. The van der Waals surface area contributed by atoms with Crippen LogP contribution < -0.4 is 0 Å². The third-order valence-corrected chi connectivity index (χ3v) is 9.87. The molecule has 32 heavy (non-hydrogen) atoms. The molecule has 0 radical (unpaired) electrons. The van der Waals surface area contributed by atoms with Gasteiger partial charge in [0.25, 0.3) is 0 Å². The Labute approximate surface area is 196 Å². The van der Waals surface area contributed by atoms with Crippen LogP contribution in [0.3, 0.4) is 0 Å². The molecule has 0 amide bonds. The van der Waals surface area contributed by atoms with E-state index < -0.39 is 0 Å². The largest absolute Gasteiger partial charge is 0.393 e. The fraction of sp³-hybridized carbons (Fsp3) is 0.536. The van der Waals surface area contributed by atoms with Gasteiger partial charge in [0.2, 0.25) is 0 Å². The Balaban J connectivity index is 1.28. The van der Waals surface area contributed by atoms with Gasteiger partial charge in [-0.15, -0.1) is 0 Å². The van der Waals surface area contributed by atoms with Crippen LogP contribution in [0.4, 0.5) is 0 Å². The summed E-state index contributed by atoms with van der Waals surface area (Å²) in [6.07, 6.45) is 14.8. The van der Waals surface area contributed by atoms with Crippen molar-refractivity contribution in [2.45, 2.75) is 64.9 Å². The maximum absolute atomic E-state index is 10.2. The van der Waals surface area contributed by atoms with Crippen LogP contribution in [0.2, 0.25) is 5.02 Å². The molecule has 1 N–H and O–H groups in total. The molecule has 4 heteroatoms. The number of fused-ring (bicyclic) bond motifs is 5. The summed E-state index contributed by atoms with van der Waals surface area (Å²) in [6.45, 7) is 5.00. The number of aliphatic hydroxyl groups is 1. The summed E-state index contributed by atoms with van der Waals surface area (Å²) in [5.41, 5.74) is 5.67. The fourth-order valence-electron chi connectivity index (χ4n) is 7.81. The molecule has 1 heterocycles. The van der Waals surface area contributed by atoms with Crippen molar-refractivity contribution >= 4 is 17.2 Å². The molecule has 3 nitrogen and oxygen atoms in total. The van der Waals surface area contributed by atoms with Gasteiger partial charge in [0.15, 0.2) is 0 Å². The van der Waals surface area contributed by atoms with Crippen LogP contribution in [-0.4, -0.2) is 21.0 Å². The molecule has 0 aliphatic heterocycles. The van der Waals surface area contributed by atoms with Crippen molar-refractivity contribution in [2.24, 2.45) is 28.6 Å². The Morgan fingerprint density at radius 3 is 2.56 bits per heavy atom. The van der Waals surface area contributed by atoms with Crippen LogP contribution in [0.5, 0.6) is 0 Å². The van der Waals surface area contributed by atoms with Gasteiger partial charge in [-0.05, 0) is 109 Å². The normalized spacial score (nSPS) is 38.4. The summed E-state index contributed by atoms with van der Waals surface area (Å²) in [5.74, 6) is 2.19. The van der Waals surface area contributed by atoms with Crippen LogP contribution >= 0.6 is 11.6 Å². The molecular formula is C28H33ClN2O. The number of aliphatic hydroxyl groups excluding tert-OH is 1. The first kappa shape index (κ1) is 20.7. The zero-order valence-electron chi connectivity index (χ0n) is 19.1. The van der Waals surface area contributed by atoms with Gasteiger partial charge in [-0.3, -0.25) is 0 Å². The van der Waals surface area contributed by atoms with Crippen molar-refractivity contribution in [3.8, 4) is 5.69 Å². The second-order valence-corrected chi connectivity index (χ2v) is 11.5. The van der Waals surface area contributed by atoms with Gasteiger partial charge in [0, 0.05) is 11.2 Å². The number of aromatic nitrogens is 2. The quantitative estimate of drug-likeness (QED) is 0.510. The van der Waals surface area contributed by atoms with Gasteiger partial charge < -0.3 is 5.11 Å². The molecule has 1 aromatic heterocycles. The van der Waals surface area contributed by atoms with Gasteiger partial charge in [-0.1, -0.05) is 43.2 Å². The number of allylic oxidation sites excluding steroid dienone is 3. The summed E-state index contributed by atoms with van der Waals surface area (Å²) in [5, 5.41) is 16.0. The predicted octanol–water partition coefficient (Wildman–Crippen LogP) is 6.84. The molecule has 0 spiro atoms. The minimum absolute atomic E-state index is 0.129. The summed E-state index contributed by atoms with van der Waals surface area (Å²) < 4.78 is 1.97. The van der Waals surface area contributed by atoms with Gasteiger partial charge >= 0.3 is 0 Å². The lowest BCUT2D eigenvalue weighted by Gasteiger charge is -2.57. The number of halogens is 1. The maximum atomic E-state index is 10.2. The van der Waals surface area contributed by atoms with E-state index in [1.165, 1.54) is 31.3 Å². The first-order valence-corrected chi connectivity index (χ1v) is 12.7.